The minimum Gasteiger partial charge on any atom is -0.370 e. The van der Waals surface area contributed by atoms with Crippen LogP contribution in [0.15, 0.2) is 36.5 Å². The van der Waals surface area contributed by atoms with Crippen LogP contribution in [0.3, 0.4) is 0 Å². The first kappa shape index (κ1) is 23.1. The monoisotopic (exact) mass is 390 g/mol. The molecule has 1 fully saturated rings. The molecule has 1 unspecified atom stereocenters. The molecule has 0 radical (unpaired) electrons. The minimum atomic E-state index is -0.419. The van der Waals surface area contributed by atoms with Gasteiger partial charge >= 0.3 is 0 Å². The average molecular weight is 391 g/mol. The molecule has 0 aliphatic carbocycles. The molecule has 0 aromatic rings. The fraction of sp³-hybridized carbons (Fsp3) is 0.708. The van der Waals surface area contributed by atoms with E-state index in [0.29, 0.717) is 18.9 Å². The zero-order valence-electron chi connectivity index (χ0n) is 17.9. The van der Waals surface area contributed by atoms with E-state index in [-0.39, 0.29) is 18.3 Å². The zero-order chi connectivity index (χ0) is 20.4. The predicted molar refractivity (Wildman–Crippen MR) is 113 cm³/mol. The maximum atomic E-state index is 10.7. The molecule has 2 rings (SSSR count). The Hall–Kier alpha value is -1.23. The van der Waals surface area contributed by atoms with Crippen molar-refractivity contribution in [1.29, 1.82) is 0 Å². The van der Waals surface area contributed by atoms with E-state index in [1.165, 1.54) is 5.57 Å². The molecule has 0 spiro atoms. The lowest BCUT2D eigenvalue weighted by Gasteiger charge is -2.27. The summed E-state index contributed by atoms with van der Waals surface area (Å²) in [5.74, 6) is 0.129. The number of rotatable bonds is 12. The van der Waals surface area contributed by atoms with Gasteiger partial charge in [0.15, 0.2) is 5.79 Å². The molecule has 158 valence electrons. The van der Waals surface area contributed by atoms with E-state index >= 15 is 0 Å². The molecule has 4 heteroatoms. The van der Waals surface area contributed by atoms with Gasteiger partial charge in [0.1, 0.15) is 6.29 Å². The topological polar surface area (TPSA) is 44.8 Å². The largest absolute Gasteiger partial charge is 0.370 e. The molecule has 0 aromatic heterocycles. The quantitative estimate of drug-likeness (QED) is 0.325. The number of allylic oxidation sites excluding steroid dienone is 3. The maximum absolute atomic E-state index is 10.7. The van der Waals surface area contributed by atoms with Crippen molar-refractivity contribution in [3.8, 4) is 0 Å². The fourth-order valence-corrected chi connectivity index (χ4v) is 3.95. The van der Waals surface area contributed by atoms with E-state index in [1.807, 2.05) is 19.9 Å². The highest BCUT2D eigenvalue weighted by Crippen LogP contribution is 2.26. The van der Waals surface area contributed by atoms with Gasteiger partial charge in [0.25, 0.3) is 0 Å². The normalized spacial score (nSPS) is 27.9. The second-order valence-electron chi connectivity index (χ2n) is 8.70. The molecule has 1 saturated heterocycles. The third-order valence-electron chi connectivity index (χ3n) is 5.30. The molecule has 0 saturated carbocycles. The summed E-state index contributed by atoms with van der Waals surface area (Å²) in [5.41, 5.74) is 1.31. The SMILES string of the molecule is C=C(CC/C=C/CCC1COC(C)(C)O1)C[C@H](C)C[C@@H]1CC=C[C@@H](CC=O)O1. The molecule has 0 bridgehead atoms. The Kier molecular flexibility index (Phi) is 9.63. The summed E-state index contributed by atoms with van der Waals surface area (Å²) in [6.45, 7) is 11.2. The van der Waals surface area contributed by atoms with Crippen LogP contribution in [0.1, 0.15) is 72.1 Å². The molecule has 2 aliphatic heterocycles. The number of carbonyl (C=O) groups is 1. The van der Waals surface area contributed by atoms with Gasteiger partial charge in [-0.3, -0.25) is 0 Å². The van der Waals surface area contributed by atoms with Crippen molar-refractivity contribution in [3.05, 3.63) is 36.5 Å². The molecule has 0 N–H and O–H groups in total. The first-order valence-electron chi connectivity index (χ1n) is 10.8. The van der Waals surface area contributed by atoms with E-state index in [0.717, 1.165) is 51.2 Å². The highest BCUT2D eigenvalue weighted by molar-refractivity contribution is 5.50. The Labute approximate surface area is 171 Å². The summed E-state index contributed by atoms with van der Waals surface area (Å²) in [6.07, 6.45) is 17.6. The summed E-state index contributed by atoms with van der Waals surface area (Å²) < 4.78 is 17.4. The van der Waals surface area contributed by atoms with Gasteiger partial charge in [-0.25, -0.2) is 0 Å². The lowest BCUT2D eigenvalue weighted by Crippen LogP contribution is -2.26. The Bertz CT molecular complexity index is 549. The van der Waals surface area contributed by atoms with E-state index < -0.39 is 5.79 Å². The van der Waals surface area contributed by atoms with Crippen molar-refractivity contribution in [1.82, 2.24) is 0 Å². The van der Waals surface area contributed by atoms with Crippen LogP contribution in [0.25, 0.3) is 0 Å². The Balaban J connectivity index is 1.54. The molecule has 0 amide bonds. The second kappa shape index (κ2) is 11.7. The number of ether oxygens (including phenoxy) is 3. The smallest absolute Gasteiger partial charge is 0.163 e. The van der Waals surface area contributed by atoms with Crippen LogP contribution in [0, 0.1) is 5.92 Å². The molecule has 28 heavy (non-hydrogen) atoms. The van der Waals surface area contributed by atoms with Gasteiger partial charge in [-0.05, 0) is 64.7 Å². The van der Waals surface area contributed by atoms with Crippen LogP contribution < -0.4 is 0 Å². The molecule has 4 nitrogen and oxygen atoms in total. The summed E-state index contributed by atoms with van der Waals surface area (Å²) >= 11 is 0. The van der Waals surface area contributed by atoms with E-state index in [9.17, 15) is 4.79 Å². The predicted octanol–water partition coefficient (Wildman–Crippen LogP) is 5.53. The van der Waals surface area contributed by atoms with Gasteiger partial charge in [-0.2, -0.15) is 0 Å². The Morgan fingerprint density at radius 3 is 2.79 bits per heavy atom. The highest BCUT2D eigenvalue weighted by Gasteiger charge is 2.31. The van der Waals surface area contributed by atoms with Gasteiger partial charge in [-0.1, -0.05) is 43.4 Å². The van der Waals surface area contributed by atoms with Gasteiger partial charge in [0.2, 0.25) is 0 Å². The third kappa shape index (κ3) is 8.85. The van der Waals surface area contributed by atoms with Crippen LogP contribution in [-0.2, 0) is 19.0 Å². The summed E-state index contributed by atoms with van der Waals surface area (Å²) in [4.78, 5) is 10.7. The van der Waals surface area contributed by atoms with Gasteiger partial charge in [0.05, 0.1) is 24.9 Å². The first-order valence-corrected chi connectivity index (χ1v) is 10.8. The zero-order valence-corrected chi connectivity index (χ0v) is 17.9. The summed E-state index contributed by atoms with van der Waals surface area (Å²) in [6, 6.07) is 0. The molecule has 2 aliphatic rings. The van der Waals surface area contributed by atoms with Gasteiger partial charge < -0.3 is 19.0 Å². The van der Waals surface area contributed by atoms with Crippen LogP contribution >= 0.6 is 0 Å². The van der Waals surface area contributed by atoms with Crippen LogP contribution in [0.2, 0.25) is 0 Å². The van der Waals surface area contributed by atoms with Crippen LogP contribution in [0.5, 0.6) is 0 Å². The fourth-order valence-electron chi connectivity index (χ4n) is 3.95. The third-order valence-corrected chi connectivity index (χ3v) is 5.30. The maximum Gasteiger partial charge on any atom is 0.163 e. The minimum absolute atomic E-state index is 0.0379. The standard InChI is InChI=1S/C24H38O4/c1-19(10-7-5-6-8-11-23-18-26-24(3,4)28-23)16-20(2)17-22-13-9-12-21(27-22)14-15-25/h5-6,9,12,15,20-23H,1,7-8,10-11,13-14,16-18H2,2-4H3/b6-5+/t20-,21-,22-,23?/m0/s1. The van der Waals surface area contributed by atoms with Crippen molar-refractivity contribution in [2.24, 2.45) is 5.92 Å². The Morgan fingerprint density at radius 1 is 1.29 bits per heavy atom. The number of hydrogen-bond donors (Lipinski definition) is 0. The summed E-state index contributed by atoms with van der Waals surface area (Å²) in [5, 5.41) is 0. The average Bonchev–Trinajstić information content (AvgIpc) is 2.97. The molecular weight excluding hydrogens is 352 g/mol. The van der Waals surface area contributed by atoms with Crippen molar-refractivity contribution >= 4 is 6.29 Å². The van der Waals surface area contributed by atoms with E-state index in [1.54, 1.807) is 0 Å². The van der Waals surface area contributed by atoms with Gasteiger partial charge in [0, 0.05) is 6.42 Å². The summed E-state index contributed by atoms with van der Waals surface area (Å²) in [7, 11) is 0. The molecular formula is C24H38O4. The second-order valence-corrected chi connectivity index (χ2v) is 8.70. The lowest BCUT2D eigenvalue weighted by molar-refractivity contribution is -0.138. The Morgan fingerprint density at radius 2 is 2.07 bits per heavy atom. The number of hydrogen-bond acceptors (Lipinski definition) is 4. The number of carbonyl (C=O) groups excluding carboxylic acids is 1. The lowest BCUT2D eigenvalue weighted by atomic mass is 9.92. The highest BCUT2D eigenvalue weighted by atomic mass is 16.7. The van der Waals surface area contributed by atoms with Crippen LogP contribution in [0.4, 0.5) is 0 Å². The van der Waals surface area contributed by atoms with Crippen molar-refractivity contribution in [3.63, 3.8) is 0 Å². The van der Waals surface area contributed by atoms with Crippen molar-refractivity contribution in [2.45, 2.75) is 96.2 Å². The molecule has 0 aromatic carbocycles. The molecule has 4 atom stereocenters. The van der Waals surface area contributed by atoms with Crippen molar-refractivity contribution < 1.29 is 19.0 Å². The van der Waals surface area contributed by atoms with E-state index in [2.05, 4.69) is 31.7 Å². The number of aldehydes is 1. The molecule has 2 heterocycles. The van der Waals surface area contributed by atoms with Crippen LogP contribution in [-0.4, -0.2) is 37.0 Å². The van der Waals surface area contributed by atoms with Crippen molar-refractivity contribution in [2.75, 3.05) is 6.61 Å². The van der Waals surface area contributed by atoms with Gasteiger partial charge in [-0.15, -0.1) is 0 Å². The first-order chi connectivity index (χ1) is 13.4. The van der Waals surface area contributed by atoms with E-state index in [4.69, 9.17) is 14.2 Å².